The Bertz CT molecular complexity index is 407. The molecule has 0 spiro atoms. The number of hydrogen-bond acceptors (Lipinski definition) is 4. The molecule has 1 aromatic heterocycles. The Morgan fingerprint density at radius 3 is 3.06 bits per heavy atom. The highest BCUT2D eigenvalue weighted by atomic mass is 15.3. The predicted octanol–water partition coefficient (Wildman–Crippen LogP) is 1.21. The maximum Gasteiger partial charge on any atom is 0.133 e. The second-order valence-corrected chi connectivity index (χ2v) is 5.32. The summed E-state index contributed by atoms with van der Waals surface area (Å²) >= 11 is 0. The molecule has 0 saturated carbocycles. The first kappa shape index (κ1) is 11.9. The second kappa shape index (κ2) is 5.24. The summed E-state index contributed by atoms with van der Waals surface area (Å²) in [7, 11) is 0. The molecule has 0 amide bonds. The maximum atomic E-state index is 5.83. The molecule has 1 unspecified atom stereocenters. The normalized spacial score (nSPS) is 24.9. The summed E-state index contributed by atoms with van der Waals surface area (Å²) in [4.78, 5) is 9.64. The average Bonchev–Trinajstić information content (AvgIpc) is 2.76. The SMILES string of the molecule is NCc1cccnc1N1CCCN2CCCC2C1. The van der Waals surface area contributed by atoms with Crippen LogP contribution in [0.1, 0.15) is 24.8 Å². The number of nitrogens with two attached hydrogens (primary N) is 1. The molecule has 4 nitrogen and oxygen atoms in total. The first-order chi connectivity index (χ1) is 8.88. The fourth-order valence-corrected chi connectivity index (χ4v) is 3.27. The summed E-state index contributed by atoms with van der Waals surface area (Å²) in [6.45, 7) is 5.32. The number of rotatable bonds is 2. The van der Waals surface area contributed by atoms with Gasteiger partial charge in [-0.15, -0.1) is 0 Å². The van der Waals surface area contributed by atoms with E-state index in [-0.39, 0.29) is 0 Å². The van der Waals surface area contributed by atoms with E-state index in [1.807, 2.05) is 12.3 Å². The lowest BCUT2D eigenvalue weighted by Crippen LogP contribution is -2.37. The van der Waals surface area contributed by atoms with Crippen LogP contribution in [0.3, 0.4) is 0 Å². The minimum atomic E-state index is 0.577. The van der Waals surface area contributed by atoms with Gasteiger partial charge in [-0.05, 0) is 31.9 Å². The van der Waals surface area contributed by atoms with Gasteiger partial charge in [0.1, 0.15) is 5.82 Å². The van der Waals surface area contributed by atoms with Crippen molar-refractivity contribution in [1.29, 1.82) is 0 Å². The van der Waals surface area contributed by atoms with Gasteiger partial charge < -0.3 is 10.6 Å². The van der Waals surface area contributed by atoms with Crippen LogP contribution in [0.4, 0.5) is 5.82 Å². The van der Waals surface area contributed by atoms with Crippen LogP contribution >= 0.6 is 0 Å². The lowest BCUT2D eigenvalue weighted by atomic mass is 10.2. The third-order valence-electron chi connectivity index (χ3n) is 4.19. The Morgan fingerprint density at radius 1 is 1.28 bits per heavy atom. The molecule has 0 bridgehead atoms. The smallest absolute Gasteiger partial charge is 0.133 e. The van der Waals surface area contributed by atoms with Crippen molar-refractivity contribution in [3.8, 4) is 0 Å². The molecule has 0 aromatic carbocycles. The Hall–Kier alpha value is -1.13. The minimum Gasteiger partial charge on any atom is -0.355 e. The van der Waals surface area contributed by atoms with Gasteiger partial charge in [0.15, 0.2) is 0 Å². The van der Waals surface area contributed by atoms with Gasteiger partial charge in [0, 0.05) is 44.0 Å². The molecule has 3 heterocycles. The number of fused-ring (bicyclic) bond motifs is 1. The summed E-state index contributed by atoms with van der Waals surface area (Å²) in [6, 6.07) is 4.80. The summed E-state index contributed by atoms with van der Waals surface area (Å²) in [5.74, 6) is 1.11. The fraction of sp³-hybridized carbons (Fsp3) is 0.643. The molecule has 0 aliphatic carbocycles. The molecular formula is C14H22N4. The summed E-state index contributed by atoms with van der Waals surface area (Å²) < 4.78 is 0. The summed E-state index contributed by atoms with van der Waals surface area (Å²) in [5, 5.41) is 0. The molecule has 98 valence electrons. The monoisotopic (exact) mass is 246 g/mol. The Kier molecular flexibility index (Phi) is 3.48. The van der Waals surface area contributed by atoms with E-state index in [0.717, 1.165) is 24.9 Å². The number of nitrogens with zero attached hydrogens (tertiary/aromatic N) is 3. The first-order valence-electron chi connectivity index (χ1n) is 7.01. The largest absolute Gasteiger partial charge is 0.355 e. The van der Waals surface area contributed by atoms with Crippen molar-refractivity contribution in [2.24, 2.45) is 5.73 Å². The van der Waals surface area contributed by atoms with E-state index in [4.69, 9.17) is 5.73 Å². The Labute approximate surface area is 109 Å². The molecule has 2 saturated heterocycles. The van der Waals surface area contributed by atoms with Crippen LogP contribution in [-0.4, -0.2) is 42.1 Å². The quantitative estimate of drug-likeness (QED) is 0.852. The average molecular weight is 246 g/mol. The molecule has 2 aliphatic heterocycles. The third-order valence-corrected chi connectivity index (χ3v) is 4.19. The van der Waals surface area contributed by atoms with Crippen molar-refractivity contribution >= 4 is 5.82 Å². The van der Waals surface area contributed by atoms with Crippen LogP contribution in [0.2, 0.25) is 0 Å². The van der Waals surface area contributed by atoms with Crippen LogP contribution in [0.15, 0.2) is 18.3 Å². The maximum absolute atomic E-state index is 5.83. The molecule has 2 aliphatic rings. The third kappa shape index (κ3) is 2.22. The first-order valence-corrected chi connectivity index (χ1v) is 7.01. The summed E-state index contributed by atoms with van der Waals surface area (Å²) in [6.07, 6.45) is 5.80. The van der Waals surface area contributed by atoms with Gasteiger partial charge in [0.05, 0.1) is 0 Å². The minimum absolute atomic E-state index is 0.577. The van der Waals surface area contributed by atoms with E-state index in [9.17, 15) is 0 Å². The Morgan fingerprint density at radius 2 is 2.17 bits per heavy atom. The molecule has 2 fully saturated rings. The van der Waals surface area contributed by atoms with Gasteiger partial charge in [-0.25, -0.2) is 4.98 Å². The molecule has 4 heteroatoms. The van der Waals surface area contributed by atoms with Gasteiger partial charge in [0.2, 0.25) is 0 Å². The summed E-state index contributed by atoms with van der Waals surface area (Å²) in [5.41, 5.74) is 7.00. The van der Waals surface area contributed by atoms with E-state index in [1.54, 1.807) is 0 Å². The van der Waals surface area contributed by atoms with Crippen LogP contribution in [0, 0.1) is 0 Å². The van der Waals surface area contributed by atoms with Gasteiger partial charge in [0.25, 0.3) is 0 Å². The topological polar surface area (TPSA) is 45.4 Å². The van der Waals surface area contributed by atoms with Gasteiger partial charge in [-0.3, -0.25) is 4.90 Å². The molecule has 2 N–H and O–H groups in total. The van der Waals surface area contributed by atoms with Crippen molar-refractivity contribution in [3.63, 3.8) is 0 Å². The fourth-order valence-electron chi connectivity index (χ4n) is 3.27. The van der Waals surface area contributed by atoms with Crippen molar-refractivity contribution < 1.29 is 0 Å². The number of pyridine rings is 1. The van der Waals surface area contributed by atoms with Crippen molar-refractivity contribution in [3.05, 3.63) is 23.9 Å². The standard InChI is InChI=1S/C14H22N4/c15-10-12-4-1-6-16-14(12)18-9-3-8-17-7-2-5-13(17)11-18/h1,4,6,13H,2-3,5,7-11,15H2. The van der Waals surface area contributed by atoms with Gasteiger partial charge >= 0.3 is 0 Å². The van der Waals surface area contributed by atoms with Crippen LogP contribution in [-0.2, 0) is 6.54 Å². The van der Waals surface area contributed by atoms with E-state index in [0.29, 0.717) is 6.54 Å². The second-order valence-electron chi connectivity index (χ2n) is 5.32. The van der Waals surface area contributed by atoms with Gasteiger partial charge in [-0.1, -0.05) is 6.07 Å². The molecular weight excluding hydrogens is 224 g/mol. The predicted molar refractivity (Wildman–Crippen MR) is 73.6 cm³/mol. The molecule has 0 radical (unpaired) electrons. The Balaban J connectivity index is 1.82. The van der Waals surface area contributed by atoms with Gasteiger partial charge in [-0.2, -0.15) is 0 Å². The van der Waals surface area contributed by atoms with Crippen LogP contribution in [0.25, 0.3) is 0 Å². The highest BCUT2D eigenvalue weighted by Gasteiger charge is 2.29. The molecule has 1 aromatic rings. The van der Waals surface area contributed by atoms with Crippen molar-refractivity contribution in [2.75, 3.05) is 31.1 Å². The zero-order valence-electron chi connectivity index (χ0n) is 10.9. The van der Waals surface area contributed by atoms with Crippen LogP contribution < -0.4 is 10.6 Å². The number of aromatic nitrogens is 1. The van der Waals surface area contributed by atoms with E-state index in [1.165, 1.54) is 37.9 Å². The van der Waals surface area contributed by atoms with Crippen molar-refractivity contribution in [1.82, 2.24) is 9.88 Å². The molecule has 3 rings (SSSR count). The molecule has 1 atom stereocenters. The number of hydrogen-bond donors (Lipinski definition) is 1. The van der Waals surface area contributed by atoms with Crippen molar-refractivity contribution in [2.45, 2.75) is 31.8 Å². The lowest BCUT2D eigenvalue weighted by Gasteiger charge is -2.27. The highest BCUT2D eigenvalue weighted by molar-refractivity contribution is 5.47. The zero-order chi connectivity index (χ0) is 12.4. The lowest BCUT2D eigenvalue weighted by molar-refractivity contribution is 0.273. The number of anilines is 1. The van der Waals surface area contributed by atoms with E-state index in [2.05, 4.69) is 20.9 Å². The van der Waals surface area contributed by atoms with E-state index < -0.39 is 0 Å². The highest BCUT2D eigenvalue weighted by Crippen LogP contribution is 2.25. The van der Waals surface area contributed by atoms with E-state index >= 15 is 0 Å². The van der Waals surface area contributed by atoms with Crippen LogP contribution in [0.5, 0.6) is 0 Å². The molecule has 18 heavy (non-hydrogen) atoms. The zero-order valence-corrected chi connectivity index (χ0v) is 10.9.